The molecule has 0 atom stereocenters. The monoisotopic (exact) mass is 345 g/mol. The standard InChI is InChI=1S/C17H23N5O3/c1-3-12-8-18-20-15(12)13-4-6-21(7-5-13)14(23)10-22-9-11(2)16(24)19-17(22)25/h8-9,13H,3-7,10H2,1-2H3,(H,18,20)(H,19,24,25). The van der Waals surface area contributed by atoms with Crippen LogP contribution >= 0.6 is 0 Å². The van der Waals surface area contributed by atoms with Gasteiger partial charge < -0.3 is 4.90 Å². The second-order valence-electron chi connectivity index (χ2n) is 6.52. The van der Waals surface area contributed by atoms with Crippen molar-refractivity contribution < 1.29 is 4.79 Å². The van der Waals surface area contributed by atoms with Gasteiger partial charge in [0, 0.05) is 36.5 Å². The van der Waals surface area contributed by atoms with Gasteiger partial charge in [-0.1, -0.05) is 6.92 Å². The van der Waals surface area contributed by atoms with Gasteiger partial charge in [-0.15, -0.1) is 0 Å². The molecule has 1 saturated heterocycles. The number of piperidine rings is 1. The molecule has 0 unspecified atom stereocenters. The highest BCUT2D eigenvalue weighted by Gasteiger charge is 2.26. The molecule has 134 valence electrons. The van der Waals surface area contributed by atoms with Crippen LogP contribution in [-0.4, -0.2) is 43.6 Å². The van der Waals surface area contributed by atoms with Gasteiger partial charge in [-0.25, -0.2) is 4.79 Å². The number of nitrogens with zero attached hydrogens (tertiary/aromatic N) is 3. The first-order valence-corrected chi connectivity index (χ1v) is 8.60. The van der Waals surface area contributed by atoms with Crippen molar-refractivity contribution in [3.63, 3.8) is 0 Å². The van der Waals surface area contributed by atoms with Gasteiger partial charge in [-0.3, -0.25) is 24.2 Å². The lowest BCUT2D eigenvalue weighted by Crippen LogP contribution is -2.42. The van der Waals surface area contributed by atoms with Crippen LogP contribution in [0.2, 0.25) is 0 Å². The molecular formula is C17H23N5O3. The van der Waals surface area contributed by atoms with Crippen molar-refractivity contribution >= 4 is 5.91 Å². The van der Waals surface area contributed by atoms with E-state index in [1.54, 1.807) is 11.8 Å². The fourth-order valence-electron chi connectivity index (χ4n) is 3.36. The quantitative estimate of drug-likeness (QED) is 0.844. The molecular weight excluding hydrogens is 322 g/mol. The normalized spacial score (nSPS) is 15.5. The molecule has 3 rings (SSSR count). The number of rotatable bonds is 4. The zero-order valence-corrected chi connectivity index (χ0v) is 14.5. The van der Waals surface area contributed by atoms with Crippen LogP contribution in [0.15, 0.2) is 22.0 Å². The van der Waals surface area contributed by atoms with Crippen LogP contribution in [0, 0.1) is 6.92 Å². The highest BCUT2D eigenvalue weighted by atomic mass is 16.2. The number of aryl methyl sites for hydroxylation is 2. The lowest BCUT2D eigenvalue weighted by atomic mass is 9.91. The van der Waals surface area contributed by atoms with Crippen molar-refractivity contribution in [1.29, 1.82) is 0 Å². The number of H-pyrrole nitrogens is 2. The smallest absolute Gasteiger partial charge is 0.328 e. The Morgan fingerprint density at radius 1 is 1.32 bits per heavy atom. The van der Waals surface area contributed by atoms with E-state index in [0.29, 0.717) is 24.6 Å². The van der Waals surface area contributed by atoms with Gasteiger partial charge in [0.1, 0.15) is 6.54 Å². The zero-order valence-electron chi connectivity index (χ0n) is 14.5. The molecule has 0 radical (unpaired) electrons. The molecule has 2 aromatic rings. The zero-order chi connectivity index (χ0) is 18.0. The van der Waals surface area contributed by atoms with Gasteiger partial charge in [0.15, 0.2) is 0 Å². The number of carbonyl (C=O) groups is 1. The number of nitrogens with one attached hydrogen (secondary N) is 2. The molecule has 1 aliphatic rings. The van der Waals surface area contributed by atoms with Gasteiger partial charge in [0.2, 0.25) is 5.91 Å². The summed E-state index contributed by atoms with van der Waals surface area (Å²) in [5.41, 5.74) is 1.87. The fourth-order valence-corrected chi connectivity index (χ4v) is 3.36. The summed E-state index contributed by atoms with van der Waals surface area (Å²) in [5.74, 6) is 0.284. The van der Waals surface area contributed by atoms with E-state index in [0.717, 1.165) is 19.3 Å². The summed E-state index contributed by atoms with van der Waals surface area (Å²) in [7, 11) is 0. The molecule has 0 spiro atoms. The van der Waals surface area contributed by atoms with Gasteiger partial charge >= 0.3 is 5.69 Å². The van der Waals surface area contributed by atoms with E-state index < -0.39 is 11.2 Å². The SMILES string of the molecule is CCc1cn[nH]c1C1CCN(C(=O)Cn2cc(C)c(=O)[nH]c2=O)CC1. The number of aromatic nitrogens is 4. The van der Waals surface area contributed by atoms with Gasteiger partial charge in [0.25, 0.3) is 5.56 Å². The van der Waals surface area contributed by atoms with Crippen LogP contribution in [-0.2, 0) is 17.8 Å². The Morgan fingerprint density at radius 2 is 2.04 bits per heavy atom. The first kappa shape index (κ1) is 17.2. The largest absolute Gasteiger partial charge is 0.341 e. The van der Waals surface area contributed by atoms with Gasteiger partial charge in [-0.05, 0) is 31.7 Å². The average Bonchev–Trinajstić information content (AvgIpc) is 3.08. The fraction of sp³-hybridized carbons (Fsp3) is 0.529. The Bertz CT molecular complexity index is 871. The molecule has 0 saturated carbocycles. The number of aromatic amines is 2. The van der Waals surface area contributed by atoms with E-state index in [1.807, 2.05) is 6.20 Å². The van der Waals surface area contributed by atoms with Crippen LogP contribution in [0.4, 0.5) is 0 Å². The first-order valence-electron chi connectivity index (χ1n) is 8.60. The average molecular weight is 345 g/mol. The summed E-state index contributed by atoms with van der Waals surface area (Å²) in [4.78, 5) is 39.7. The van der Waals surface area contributed by atoms with Crippen LogP contribution in [0.25, 0.3) is 0 Å². The molecule has 8 heteroatoms. The number of hydrogen-bond donors (Lipinski definition) is 2. The predicted octanol–water partition coefficient (Wildman–Crippen LogP) is 0.537. The van der Waals surface area contributed by atoms with E-state index in [1.165, 1.54) is 22.0 Å². The summed E-state index contributed by atoms with van der Waals surface area (Å²) in [5, 5.41) is 7.23. The number of likely N-dealkylation sites (tertiary alicyclic amines) is 1. The lowest BCUT2D eigenvalue weighted by molar-refractivity contribution is -0.133. The third-order valence-electron chi connectivity index (χ3n) is 4.88. The van der Waals surface area contributed by atoms with E-state index in [2.05, 4.69) is 22.1 Å². The summed E-state index contributed by atoms with van der Waals surface area (Å²) in [6.07, 6.45) is 6.00. The minimum absolute atomic E-state index is 0.0502. The number of hydrogen-bond acceptors (Lipinski definition) is 4. The van der Waals surface area contributed by atoms with Gasteiger partial charge in [-0.2, -0.15) is 5.10 Å². The Balaban J connectivity index is 1.63. The maximum atomic E-state index is 12.5. The van der Waals surface area contributed by atoms with E-state index in [9.17, 15) is 14.4 Å². The van der Waals surface area contributed by atoms with Crippen molar-refractivity contribution in [3.8, 4) is 0 Å². The highest BCUT2D eigenvalue weighted by molar-refractivity contribution is 5.76. The lowest BCUT2D eigenvalue weighted by Gasteiger charge is -2.32. The first-order chi connectivity index (χ1) is 12.0. The molecule has 1 aliphatic heterocycles. The number of carbonyl (C=O) groups excluding carboxylic acids is 1. The maximum Gasteiger partial charge on any atom is 0.328 e. The molecule has 0 aromatic carbocycles. The highest BCUT2D eigenvalue weighted by Crippen LogP contribution is 2.29. The van der Waals surface area contributed by atoms with Crippen molar-refractivity contribution in [2.24, 2.45) is 0 Å². The van der Waals surface area contributed by atoms with E-state index in [-0.39, 0.29) is 12.5 Å². The summed E-state index contributed by atoms with van der Waals surface area (Å²) in [6.45, 7) is 4.98. The van der Waals surface area contributed by atoms with Crippen molar-refractivity contribution in [2.45, 2.75) is 45.6 Å². The third-order valence-corrected chi connectivity index (χ3v) is 4.88. The maximum absolute atomic E-state index is 12.5. The molecule has 3 heterocycles. The van der Waals surface area contributed by atoms with Crippen LogP contribution < -0.4 is 11.2 Å². The molecule has 2 N–H and O–H groups in total. The van der Waals surface area contributed by atoms with Crippen LogP contribution in [0.5, 0.6) is 0 Å². The Kier molecular flexibility index (Phi) is 4.87. The van der Waals surface area contributed by atoms with E-state index >= 15 is 0 Å². The second-order valence-corrected chi connectivity index (χ2v) is 6.52. The molecule has 0 bridgehead atoms. The summed E-state index contributed by atoms with van der Waals surface area (Å²) >= 11 is 0. The Morgan fingerprint density at radius 3 is 2.72 bits per heavy atom. The topological polar surface area (TPSA) is 104 Å². The molecule has 25 heavy (non-hydrogen) atoms. The Hall–Kier alpha value is -2.64. The molecule has 0 aliphatic carbocycles. The predicted molar refractivity (Wildman–Crippen MR) is 92.6 cm³/mol. The molecule has 8 nitrogen and oxygen atoms in total. The molecule has 1 fully saturated rings. The summed E-state index contributed by atoms with van der Waals surface area (Å²) in [6, 6.07) is 0. The molecule has 2 aromatic heterocycles. The molecule has 1 amide bonds. The van der Waals surface area contributed by atoms with Crippen molar-refractivity contribution in [1.82, 2.24) is 24.6 Å². The van der Waals surface area contributed by atoms with Gasteiger partial charge in [0.05, 0.1) is 6.20 Å². The van der Waals surface area contributed by atoms with Crippen LogP contribution in [0.1, 0.15) is 42.5 Å². The summed E-state index contributed by atoms with van der Waals surface area (Å²) < 4.78 is 1.26. The minimum Gasteiger partial charge on any atom is -0.341 e. The minimum atomic E-state index is -0.552. The third kappa shape index (κ3) is 3.57. The van der Waals surface area contributed by atoms with Crippen molar-refractivity contribution in [2.75, 3.05) is 13.1 Å². The van der Waals surface area contributed by atoms with Crippen LogP contribution in [0.3, 0.4) is 0 Å². The Labute approximate surface area is 144 Å². The number of amides is 1. The van der Waals surface area contributed by atoms with E-state index in [4.69, 9.17) is 0 Å². The second kappa shape index (κ2) is 7.08. The van der Waals surface area contributed by atoms with Crippen molar-refractivity contribution in [3.05, 3.63) is 50.1 Å².